The molecule has 0 atom stereocenters. The Morgan fingerprint density at radius 2 is 0.833 bits per heavy atom. The van der Waals surface area contributed by atoms with Crippen molar-refractivity contribution >= 4 is 0 Å². The van der Waals surface area contributed by atoms with E-state index in [-0.39, 0.29) is 58.2 Å². The fraction of sp³-hybridized carbons (Fsp3) is 0. The van der Waals surface area contributed by atoms with Crippen molar-refractivity contribution in [2.75, 3.05) is 0 Å². The quantitative estimate of drug-likeness (QED) is 0.411. The van der Waals surface area contributed by atoms with E-state index in [1.54, 1.807) is 0 Å². The van der Waals surface area contributed by atoms with Gasteiger partial charge < -0.3 is 0 Å². The van der Waals surface area contributed by atoms with Crippen LogP contribution in [-0.4, -0.2) is 0 Å². The fourth-order valence-electron chi connectivity index (χ4n) is 0. The van der Waals surface area contributed by atoms with Crippen LogP contribution in [0.1, 0.15) is 0 Å². The van der Waals surface area contributed by atoms with Crippen LogP contribution in [0.4, 0.5) is 0 Å². The molecule has 0 aliphatic heterocycles. The summed E-state index contributed by atoms with van der Waals surface area (Å²) in [6, 6.07) is 0. The second kappa shape index (κ2) is 4.27. The molecule has 0 bridgehead atoms. The van der Waals surface area contributed by atoms with Crippen molar-refractivity contribution in [1.82, 2.24) is 0 Å². The first-order valence-corrected chi connectivity index (χ1v) is 4.14. The van der Waals surface area contributed by atoms with Gasteiger partial charge in [-0.05, 0) is 0 Å². The topological polar surface area (TPSA) is 92.2 Å². The Kier molecular flexibility index (Phi) is 7.98. The first-order chi connectivity index (χ1) is 2.00. The molecule has 0 unspecified atom stereocenters. The molecule has 0 aromatic carbocycles. The van der Waals surface area contributed by atoms with Crippen LogP contribution in [0.5, 0.6) is 0 Å². The summed E-state index contributed by atoms with van der Waals surface area (Å²) >= 11 is -5.94. The molecular formula is IO4Rb. The minimum absolute atomic E-state index is 0. The third-order valence-corrected chi connectivity index (χ3v) is 0. The third-order valence-electron chi connectivity index (χ3n) is 0. The van der Waals surface area contributed by atoms with Crippen LogP contribution in [0, 0.1) is 0 Å². The minimum Gasteiger partial charge on any atom is -0.286 e. The van der Waals surface area contributed by atoms with Gasteiger partial charge in [0.15, 0.2) is 0 Å². The smallest absolute Gasteiger partial charge is 0.286 e. The third kappa shape index (κ3) is 32.7. The normalized spacial score (nSPS) is 10.0. The number of hydrogen-bond donors (Lipinski definition) is 0. The van der Waals surface area contributed by atoms with Crippen molar-refractivity contribution in [3.8, 4) is 0 Å². The largest absolute Gasteiger partial charge is 1.00 e. The summed E-state index contributed by atoms with van der Waals surface area (Å²) in [5.74, 6) is 0. The van der Waals surface area contributed by atoms with Crippen LogP contribution in [-0.2, 0) is 0 Å². The van der Waals surface area contributed by atoms with E-state index in [1.165, 1.54) is 0 Å². The van der Waals surface area contributed by atoms with Crippen molar-refractivity contribution < 1.29 is 92.0 Å². The molecule has 0 N–H and O–H groups in total. The van der Waals surface area contributed by atoms with Crippen LogP contribution in [0.2, 0.25) is 0 Å². The monoisotopic (exact) mass is 276 g/mol. The summed E-state index contributed by atoms with van der Waals surface area (Å²) in [5.41, 5.74) is 0. The Labute approximate surface area is 89.7 Å². The summed E-state index contributed by atoms with van der Waals surface area (Å²) in [5, 5.41) is 0. The zero-order valence-corrected chi connectivity index (χ0v) is 10.1. The van der Waals surface area contributed by atoms with E-state index < -0.39 is 20.1 Å². The van der Waals surface area contributed by atoms with Crippen molar-refractivity contribution in [3.63, 3.8) is 0 Å². The van der Waals surface area contributed by atoms with Crippen LogP contribution in [0.15, 0.2) is 0 Å². The molecule has 0 saturated heterocycles. The maximum absolute atomic E-state index is 8.62. The van der Waals surface area contributed by atoms with Crippen LogP contribution < -0.4 is 92.0 Å². The Balaban J connectivity index is 0. The van der Waals surface area contributed by atoms with Crippen molar-refractivity contribution in [3.05, 3.63) is 0 Å². The van der Waals surface area contributed by atoms with Gasteiger partial charge in [-0.1, -0.05) is 0 Å². The first-order valence-electron chi connectivity index (χ1n) is 0.617. The SMILES string of the molecule is [O-][I+3]([O-])([O-])[O-].[Rb+]. The molecule has 0 aromatic heterocycles. The second-order valence-electron chi connectivity index (χ2n) is 0.378. The van der Waals surface area contributed by atoms with Gasteiger partial charge in [0.2, 0.25) is 0 Å². The minimum atomic E-state index is -5.94. The van der Waals surface area contributed by atoms with Crippen LogP contribution in [0.25, 0.3) is 0 Å². The van der Waals surface area contributed by atoms with Gasteiger partial charge in [0, 0.05) is 0 Å². The molecule has 0 rings (SSSR count). The molecule has 0 saturated carbocycles. The van der Waals surface area contributed by atoms with Gasteiger partial charge in [-0.3, -0.25) is 13.7 Å². The van der Waals surface area contributed by atoms with Crippen LogP contribution >= 0.6 is 0 Å². The van der Waals surface area contributed by atoms with Crippen molar-refractivity contribution in [2.45, 2.75) is 0 Å². The number of hydrogen-bond acceptors (Lipinski definition) is 4. The van der Waals surface area contributed by atoms with Gasteiger partial charge in [-0.25, -0.2) is 0 Å². The summed E-state index contributed by atoms with van der Waals surface area (Å²) in [6.07, 6.45) is 0. The van der Waals surface area contributed by atoms with Gasteiger partial charge in [0.05, 0.1) is 0 Å². The second-order valence-corrected chi connectivity index (χ2v) is 2.54. The number of rotatable bonds is 0. The molecule has 0 radical (unpaired) electrons. The molecule has 0 fully saturated rings. The fourth-order valence-corrected chi connectivity index (χ4v) is 0. The molecule has 4 nitrogen and oxygen atoms in total. The van der Waals surface area contributed by atoms with E-state index in [4.69, 9.17) is 13.7 Å². The molecule has 0 spiro atoms. The predicted octanol–water partition coefficient (Wildman–Crippen LogP) is -10.7. The molecule has 6 heavy (non-hydrogen) atoms. The zero-order valence-electron chi connectivity index (χ0n) is 3.01. The van der Waals surface area contributed by atoms with Gasteiger partial charge in [0.25, 0.3) is 0 Å². The maximum atomic E-state index is 8.62. The van der Waals surface area contributed by atoms with E-state index in [2.05, 4.69) is 0 Å². The molecule has 0 heterocycles. The molecule has 6 heteroatoms. The van der Waals surface area contributed by atoms with E-state index in [1.807, 2.05) is 0 Å². The van der Waals surface area contributed by atoms with Gasteiger partial charge >= 0.3 is 58.2 Å². The van der Waals surface area contributed by atoms with Gasteiger partial charge in [-0.15, -0.1) is 0 Å². The number of halogens is 1. The standard InChI is InChI=1S/IO4.Rb/c2-1(3,4)5;/q-1;+1. The Morgan fingerprint density at radius 1 is 0.833 bits per heavy atom. The van der Waals surface area contributed by atoms with E-state index >= 15 is 0 Å². The van der Waals surface area contributed by atoms with Gasteiger partial charge in [0.1, 0.15) is 20.1 Å². The molecule has 32 valence electrons. The first kappa shape index (κ1) is 11.2. The van der Waals surface area contributed by atoms with Crippen molar-refractivity contribution in [2.24, 2.45) is 0 Å². The summed E-state index contributed by atoms with van der Waals surface area (Å²) in [4.78, 5) is 0. The zero-order chi connectivity index (χ0) is 4.50. The van der Waals surface area contributed by atoms with E-state index in [9.17, 15) is 0 Å². The molecule has 0 aliphatic carbocycles. The Morgan fingerprint density at radius 3 is 0.833 bits per heavy atom. The van der Waals surface area contributed by atoms with Crippen molar-refractivity contribution in [1.29, 1.82) is 0 Å². The summed E-state index contributed by atoms with van der Waals surface area (Å²) in [6.45, 7) is 0. The Hall–Kier alpha value is 2.38. The maximum Gasteiger partial charge on any atom is 1.00 e. The molecule has 0 aliphatic rings. The average Bonchev–Trinajstić information content (AvgIpc) is 0.722. The molecule has 0 amide bonds. The summed E-state index contributed by atoms with van der Waals surface area (Å²) in [7, 11) is 0. The average molecular weight is 276 g/mol. The molecule has 0 aromatic rings. The van der Waals surface area contributed by atoms with Crippen LogP contribution in [0.3, 0.4) is 0 Å². The van der Waals surface area contributed by atoms with Gasteiger partial charge in [-0.2, -0.15) is 0 Å². The van der Waals surface area contributed by atoms with E-state index in [0.717, 1.165) is 0 Å². The summed E-state index contributed by atoms with van der Waals surface area (Å²) < 4.78 is 34.5. The van der Waals surface area contributed by atoms with E-state index in [0.29, 0.717) is 0 Å². The predicted molar refractivity (Wildman–Crippen MR) is 0 cm³/mol. The Bertz CT molecular complexity index is 23.0. The molecular weight excluding hydrogens is 276 g/mol.